The van der Waals surface area contributed by atoms with Crippen LogP contribution in [-0.2, 0) is 23.7 Å². The summed E-state index contributed by atoms with van der Waals surface area (Å²) < 4.78 is 21.8. The lowest BCUT2D eigenvalue weighted by atomic mass is 10.2. The van der Waals surface area contributed by atoms with Crippen molar-refractivity contribution in [2.24, 2.45) is 0 Å². The van der Waals surface area contributed by atoms with Crippen LogP contribution < -0.4 is 0 Å². The average molecular weight is 324 g/mol. The Morgan fingerprint density at radius 2 is 1.81 bits per heavy atom. The molecule has 1 saturated heterocycles. The number of ether oxygens (including phenoxy) is 4. The summed E-state index contributed by atoms with van der Waals surface area (Å²) in [5, 5.41) is -0.560. The van der Waals surface area contributed by atoms with E-state index in [1.165, 1.54) is 0 Å². The van der Waals surface area contributed by atoms with Gasteiger partial charge in [-0.3, -0.25) is 4.79 Å². The lowest BCUT2D eigenvalue weighted by Gasteiger charge is -2.30. The third-order valence-electron chi connectivity index (χ3n) is 3.07. The normalized spacial score (nSPS) is 17.4. The first-order valence-electron chi connectivity index (χ1n) is 7.51. The molecule has 0 aromatic heterocycles. The van der Waals surface area contributed by atoms with Crippen molar-refractivity contribution in [1.82, 2.24) is 4.90 Å². The molecule has 0 N–H and O–H groups in total. The van der Waals surface area contributed by atoms with E-state index in [0.717, 1.165) is 0 Å². The van der Waals surface area contributed by atoms with E-state index in [1.807, 2.05) is 20.8 Å². The van der Waals surface area contributed by atoms with Crippen LogP contribution in [-0.4, -0.2) is 68.3 Å². The van der Waals surface area contributed by atoms with Gasteiger partial charge in [0.15, 0.2) is 12.6 Å². The largest absolute Gasteiger partial charge is 0.351 e. The summed E-state index contributed by atoms with van der Waals surface area (Å²) in [6.07, 6.45) is -0.304. The summed E-state index contributed by atoms with van der Waals surface area (Å²) in [5.74, 6) is -0.150. The van der Waals surface area contributed by atoms with E-state index < -0.39 is 18.0 Å². The van der Waals surface area contributed by atoms with Gasteiger partial charge in [-0.05, 0) is 20.3 Å². The maximum absolute atomic E-state index is 12.4. The third kappa shape index (κ3) is 6.48. The zero-order valence-electron chi connectivity index (χ0n) is 13.0. The highest BCUT2D eigenvalue weighted by Crippen LogP contribution is 2.13. The predicted octanol–water partition coefficient (Wildman–Crippen LogP) is 1.60. The van der Waals surface area contributed by atoms with Crippen LogP contribution in [0.3, 0.4) is 0 Å². The number of alkyl halides is 1. The lowest BCUT2D eigenvalue weighted by Crippen LogP contribution is -2.46. The van der Waals surface area contributed by atoms with Crippen molar-refractivity contribution in [1.29, 1.82) is 0 Å². The van der Waals surface area contributed by atoms with Gasteiger partial charge in [0.05, 0.1) is 26.3 Å². The van der Waals surface area contributed by atoms with Crippen molar-refractivity contribution in [3.05, 3.63) is 0 Å². The standard InChI is InChI=1S/C14H26ClNO5/c1-4-11(15)14(17)16(10-13-20-7-8-21-13)9-12(18-5-2)19-6-3/h11-13H,4-10H2,1-3H3. The zero-order chi connectivity index (χ0) is 15.7. The molecule has 1 amide bonds. The highest BCUT2D eigenvalue weighted by atomic mass is 35.5. The van der Waals surface area contributed by atoms with Gasteiger partial charge in [-0.25, -0.2) is 0 Å². The third-order valence-corrected chi connectivity index (χ3v) is 3.57. The Morgan fingerprint density at radius 3 is 2.29 bits per heavy atom. The fourth-order valence-corrected chi connectivity index (χ4v) is 2.16. The van der Waals surface area contributed by atoms with Crippen LogP contribution in [0.1, 0.15) is 27.2 Å². The van der Waals surface area contributed by atoms with Crippen molar-refractivity contribution in [3.63, 3.8) is 0 Å². The summed E-state index contributed by atoms with van der Waals surface area (Å²) in [7, 11) is 0. The van der Waals surface area contributed by atoms with Crippen LogP contribution >= 0.6 is 11.6 Å². The molecule has 1 aliphatic rings. The molecule has 0 saturated carbocycles. The van der Waals surface area contributed by atoms with Gasteiger partial charge in [0.25, 0.3) is 0 Å². The van der Waals surface area contributed by atoms with Gasteiger partial charge in [0.2, 0.25) is 5.91 Å². The number of nitrogens with zero attached hydrogens (tertiary/aromatic N) is 1. The second-order valence-corrected chi connectivity index (χ2v) is 5.16. The van der Waals surface area contributed by atoms with E-state index in [4.69, 9.17) is 30.5 Å². The summed E-state index contributed by atoms with van der Waals surface area (Å²) >= 11 is 6.08. The molecule has 1 rings (SSSR count). The highest BCUT2D eigenvalue weighted by molar-refractivity contribution is 6.30. The Balaban J connectivity index is 2.66. The van der Waals surface area contributed by atoms with E-state index in [-0.39, 0.29) is 5.91 Å². The second-order valence-electron chi connectivity index (χ2n) is 4.63. The number of amides is 1. The van der Waals surface area contributed by atoms with Gasteiger partial charge in [-0.1, -0.05) is 6.92 Å². The second kappa shape index (κ2) is 10.3. The van der Waals surface area contributed by atoms with Crippen molar-refractivity contribution < 1.29 is 23.7 Å². The topological polar surface area (TPSA) is 57.2 Å². The average Bonchev–Trinajstić information content (AvgIpc) is 2.98. The monoisotopic (exact) mass is 323 g/mol. The number of halogens is 1. The molecular formula is C14H26ClNO5. The fourth-order valence-electron chi connectivity index (χ4n) is 2.03. The molecule has 21 heavy (non-hydrogen) atoms. The minimum absolute atomic E-state index is 0.150. The molecule has 1 unspecified atom stereocenters. The Bertz CT molecular complexity index is 293. The molecule has 124 valence electrons. The van der Waals surface area contributed by atoms with Gasteiger partial charge < -0.3 is 23.8 Å². The predicted molar refractivity (Wildman–Crippen MR) is 79.2 cm³/mol. The Labute approximate surface area is 131 Å². The van der Waals surface area contributed by atoms with Gasteiger partial charge in [0.1, 0.15) is 5.38 Å². The Hall–Kier alpha value is -0.400. The van der Waals surface area contributed by atoms with E-state index >= 15 is 0 Å². The molecule has 0 radical (unpaired) electrons. The number of carbonyl (C=O) groups is 1. The van der Waals surface area contributed by atoms with E-state index in [0.29, 0.717) is 45.9 Å². The quantitative estimate of drug-likeness (QED) is 0.451. The lowest BCUT2D eigenvalue weighted by molar-refractivity contribution is -0.166. The van der Waals surface area contributed by atoms with E-state index in [2.05, 4.69) is 0 Å². The molecule has 0 aliphatic carbocycles. The van der Waals surface area contributed by atoms with E-state index in [9.17, 15) is 4.79 Å². The first-order chi connectivity index (χ1) is 10.1. The first kappa shape index (κ1) is 18.6. The van der Waals surface area contributed by atoms with Crippen LogP contribution in [0.4, 0.5) is 0 Å². The summed E-state index contributed by atoms with van der Waals surface area (Å²) in [6.45, 7) is 8.42. The molecule has 7 heteroatoms. The van der Waals surface area contributed by atoms with Crippen LogP contribution in [0.5, 0.6) is 0 Å². The summed E-state index contributed by atoms with van der Waals surface area (Å²) in [4.78, 5) is 14.0. The summed E-state index contributed by atoms with van der Waals surface area (Å²) in [6, 6.07) is 0. The van der Waals surface area contributed by atoms with Gasteiger partial charge in [-0.15, -0.1) is 11.6 Å². The van der Waals surface area contributed by atoms with Crippen LogP contribution in [0, 0.1) is 0 Å². The molecule has 1 fully saturated rings. The summed E-state index contributed by atoms with van der Waals surface area (Å²) in [5.41, 5.74) is 0. The number of hydrogen-bond acceptors (Lipinski definition) is 5. The Kier molecular flexibility index (Phi) is 9.19. The molecular weight excluding hydrogens is 298 g/mol. The zero-order valence-corrected chi connectivity index (χ0v) is 13.8. The van der Waals surface area contributed by atoms with E-state index in [1.54, 1.807) is 4.90 Å². The van der Waals surface area contributed by atoms with Crippen molar-refractivity contribution in [3.8, 4) is 0 Å². The van der Waals surface area contributed by atoms with Crippen LogP contribution in [0.15, 0.2) is 0 Å². The number of carbonyl (C=O) groups excluding carboxylic acids is 1. The Morgan fingerprint density at radius 1 is 1.24 bits per heavy atom. The smallest absolute Gasteiger partial charge is 0.240 e. The van der Waals surface area contributed by atoms with Crippen LogP contribution in [0.2, 0.25) is 0 Å². The maximum atomic E-state index is 12.4. The first-order valence-corrected chi connectivity index (χ1v) is 7.95. The van der Waals surface area contributed by atoms with Crippen molar-refractivity contribution in [2.75, 3.05) is 39.5 Å². The van der Waals surface area contributed by atoms with Gasteiger partial charge >= 0.3 is 0 Å². The molecule has 1 heterocycles. The molecule has 0 aromatic carbocycles. The number of hydrogen-bond donors (Lipinski definition) is 0. The molecule has 0 spiro atoms. The fraction of sp³-hybridized carbons (Fsp3) is 0.929. The highest BCUT2D eigenvalue weighted by Gasteiger charge is 2.28. The minimum Gasteiger partial charge on any atom is -0.351 e. The molecule has 1 aliphatic heterocycles. The maximum Gasteiger partial charge on any atom is 0.240 e. The van der Waals surface area contributed by atoms with Gasteiger partial charge in [0, 0.05) is 13.2 Å². The van der Waals surface area contributed by atoms with Crippen LogP contribution in [0.25, 0.3) is 0 Å². The number of rotatable bonds is 10. The molecule has 1 atom stereocenters. The van der Waals surface area contributed by atoms with Crippen molar-refractivity contribution >= 4 is 17.5 Å². The molecule has 6 nitrogen and oxygen atoms in total. The molecule has 0 aromatic rings. The minimum atomic E-state index is -0.560. The SMILES string of the molecule is CCOC(CN(CC1OCCO1)C(=O)C(Cl)CC)OCC. The van der Waals surface area contributed by atoms with Crippen molar-refractivity contribution in [2.45, 2.75) is 45.1 Å². The van der Waals surface area contributed by atoms with Gasteiger partial charge in [-0.2, -0.15) is 0 Å². The molecule has 0 bridgehead atoms.